The predicted molar refractivity (Wildman–Crippen MR) is 63.1 cm³/mol. The molecule has 0 fully saturated rings. The van der Waals surface area contributed by atoms with Crippen molar-refractivity contribution in [2.75, 3.05) is 6.54 Å². The molecule has 5 nitrogen and oxygen atoms in total. The molecule has 0 saturated heterocycles. The first-order valence-electron chi connectivity index (χ1n) is 5.59. The Kier molecular flexibility index (Phi) is 5.65. The summed E-state index contributed by atoms with van der Waals surface area (Å²) in [4.78, 5) is 10.4. The number of carboxylic acids is 1. The minimum absolute atomic E-state index is 0.0523. The molecule has 1 aromatic rings. The van der Waals surface area contributed by atoms with Crippen molar-refractivity contribution in [1.29, 1.82) is 0 Å². The van der Waals surface area contributed by atoms with Gasteiger partial charge in [0, 0.05) is 12.6 Å². The molecule has 0 radical (unpaired) electrons. The van der Waals surface area contributed by atoms with Gasteiger partial charge in [-0.05, 0) is 24.6 Å². The van der Waals surface area contributed by atoms with Gasteiger partial charge in [-0.15, -0.1) is 0 Å². The molecule has 0 aliphatic carbocycles. The summed E-state index contributed by atoms with van der Waals surface area (Å²) >= 11 is 0. The van der Waals surface area contributed by atoms with Gasteiger partial charge < -0.3 is 20.3 Å². The van der Waals surface area contributed by atoms with Crippen molar-refractivity contribution in [1.82, 2.24) is 5.32 Å². The predicted octanol–water partition coefficient (Wildman–Crippen LogP) is 1.38. The first-order valence-corrected chi connectivity index (χ1v) is 5.59. The molecule has 0 heterocycles. The summed E-state index contributed by atoms with van der Waals surface area (Å²) in [5.41, 5.74) is 0.763. The van der Waals surface area contributed by atoms with Crippen LogP contribution in [0.3, 0.4) is 0 Å². The van der Waals surface area contributed by atoms with Crippen LogP contribution in [-0.2, 0) is 4.79 Å². The zero-order chi connectivity index (χ0) is 14.4. The van der Waals surface area contributed by atoms with E-state index in [1.54, 1.807) is 19.1 Å². The first kappa shape index (κ1) is 15.3. The fraction of sp³-hybridized carbons (Fsp3) is 0.417. The van der Waals surface area contributed by atoms with Crippen LogP contribution in [0.4, 0.5) is 8.78 Å². The van der Waals surface area contributed by atoms with Crippen LogP contribution in [0.1, 0.15) is 18.5 Å². The van der Waals surface area contributed by atoms with Gasteiger partial charge in [0.05, 0.1) is 0 Å². The lowest BCUT2D eigenvalue weighted by atomic mass is 10.1. The fourth-order valence-electron chi connectivity index (χ4n) is 1.43. The molecule has 0 saturated carbocycles. The quantitative estimate of drug-likeness (QED) is 0.700. The molecule has 1 rings (SSSR count). The van der Waals surface area contributed by atoms with Gasteiger partial charge in [-0.3, -0.25) is 0 Å². The molecule has 0 aromatic heterocycles. The summed E-state index contributed by atoms with van der Waals surface area (Å²) in [6.45, 7) is -1.21. The third-order valence-corrected chi connectivity index (χ3v) is 2.51. The summed E-state index contributed by atoms with van der Waals surface area (Å²) in [7, 11) is 0. The summed E-state index contributed by atoms with van der Waals surface area (Å²) in [5.74, 6) is -1.25. The zero-order valence-electron chi connectivity index (χ0n) is 10.2. The van der Waals surface area contributed by atoms with Crippen molar-refractivity contribution in [3.05, 3.63) is 29.8 Å². The molecule has 3 N–H and O–H groups in total. The molecule has 0 aliphatic rings. The number of carbonyl (C=O) groups is 1. The highest BCUT2D eigenvalue weighted by Gasteiger charge is 2.14. The molecule has 1 aromatic carbocycles. The van der Waals surface area contributed by atoms with Crippen LogP contribution in [-0.4, -0.2) is 35.4 Å². The smallest absolute Gasteiger partial charge is 0.387 e. The van der Waals surface area contributed by atoms with Gasteiger partial charge in [0.15, 0.2) is 6.10 Å². The van der Waals surface area contributed by atoms with E-state index in [1.807, 2.05) is 0 Å². The summed E-state index contributed by atoms with van der Waals surface area (Å²) in [6.07, 6.45) is -1.48. The van der Waals surface area contributed by atoms with Crippen molar-refractivity contribution < 1.29 is 28.5 Å². The van der Waals surface area contributed by atoms with E-state index in [2.05, 4.69) is 10.1 Å². The van der Waals surface area contributed by atoms with Crippen LogP contribution in [0.5, 0.6) is 5.75 Å². The van der Waals surface area contributed by atoms with E-state index in [0.717, 1.165) is 5.56 Å². The van der Waals surface area contributed by atoms with Gasteiger partial charge in [-0.25, -0.2) is 4.79 Å². The second-order valence-corrected chi connectivity index (χ2v) is 3.93. The number of hydrogen-bond donors (Lipinski definition) is 3. The Morgan fingerprint density at radius 1 is 1.37 bits per heavy atom. The maximum atomic E-state index is 11.9. The van der Waals surface area contributed by atoms with E-state index in [0.29, 0.717) is 0 Å². The lowest BCUT2D eigenvalue weighted by Gasteiger charge is -2.16. The highest BCUT2D eigenvalue weighted by Crippen LogP contribution is 2.19. The molecule has 7 heteroatoms. The first-order chi connectivity index (χ1) is 8.90. The molecule has 106 valence electrons. The Labute approximate surface area is 108 Å². The van der Waals surface area contributed by atoms with Gasteiger partial charge in [0.2, 0.25) is 0 Å². The second kappa shape index (κ2) is 7.01. The van der Waals surface area contributed by atoms with Crippen molar-refractivity contribution in [2.24, 2.45) is 0 Å². The zero-order valence-corrected chi connectivity index (χ0v) is 10.2. The summed E-state index contributed by atoms with van der Waals surface area (Å²) in [6, 6.07) is 5.74. The molecule has 0 bridgehead atoms. The molecular formula is C12H15F2NO4. The van der Waals surface area contributed by atoms with Crippen molar-refractivity contribution in [3.8, 4) is 5.75 Å². The monoisotopic (exact) mass is 275 g/mol. The third kappa shape index (κ3) is 5.19. The standard InChI is InChI=1S/C12H15F2NO4/c1-7(15-6-10(16)11(17)18)8-2-4-9(5-3-8)19-12(13)14/h2-5,7,10,12,15-16H,6H2,1H3,(H,17,18). The Balaban J connectivity index is 2.53. The largest absolute Gasteiger partial charge is 0.479 e. The summed E-state index contributed by atoms with van der Waals surface area (Å²) < 4.78 is 28.1. The van der Waals surface area contributed by atoms with Crippen LogP contribution in [0.2, 0.25) is 0 Å². The molecule has 0 aliphatic heterocycles. The number of aliphatic hydroxyl groups is 1. The van der Waals surface area contributed by atoms with E-state index in [9.17, 15) is 13.6 Å². The average molecular weight is 275 g/mol. The van der Waals surface area contributed by atoms with E-state index in [4.69, 9.17) is 10.2 Å². The number of benzene rings is 1. The maximum absolute atomic E-state index is 11.9. The van der Waals surface area contributed by atoms with Crippen LogP contribution in [0.15, 0.2) is 24.3 Å². The number of aliphatic carboxylic acids is 1. The highest BCUT2D eigenvalue weighted by molar-refractivity contribution is 5.72. The number of nitrogens with one attached hydrogen (secondary N) is 1. The van der Waals surface area contributed by atoms with Crippen molar-refractivity contribution in [2.45, 2.75) is 25.7 Å². The van der Waals surface area contributed by atoms with E-state index in [1.165, 1.54) is 12.1 Å². The van der Waals surface area contributed by atoms with Crippen LogP contribution in [0.25, 0.3) is 0 Å². The number of hydrogen-bond acceptors (Lipinski definition) is 4. The molecule has 19 heavy (non-hydrogen) atoms. The van der Waals surface area contributed by atoms with Gasteiger partial charge in [-0.2, -0.15) is 8.78 Å². The molecule has 0 spiro atoms. The Morgan fingerprint density at radius 2 is 1.95 bits per heavy atom. The number of rotatable bonds is 7. The van der Waals surface area contributed by atoms with Gasteiger partial charge in [0.25, 0.3) is 0 Å². The SMILES string of the molecule is CC(NCC(O)C(=O)O)c1ccc(OC(F)F)cc1. The topological polar surface area (TPSA) is 78.8 Å². The molecule has 2 atom stereocenters. The van der Waals surface area contributed by atoms with Crippen LogP contribution < -0.4 is 10.1 Å². The van der Waals surface area contributed by atoms with Crippen LogP contribution >= 0.6 is 0 Å². The van der Waals surface area contributed by atoms with Gasteiger partial charge in [-0.1, -0.05) is 12.1 Å². The fourth-order valence-corrected chi connectivity index (χ4v) is 1.43. The molecule has 0 amide bonds. The second-order valence-electron chi connectivity index (χ2n) is 3.93. The van der Waals surface area contributed by atoms with E-state index >= 15 is 0 Å². The van der Waals surface area contributed by atoms with Gasteiger partial charge in [0.1, 0.15) is 5.75 Å². The average Bonchev–Trinajstić information content (AvgIpc) is 2.35. The van der Waals surface area contributed by atoms with Crippen molar-refractivity contribution in [3.63, 3.8) is 0 Å². The van der Waals surface area contributed by atoms with Gasteiger partial charge >= 0.3 is 12.6 Å². The molecular weight excluding hydrogens is 260 g/mol. The Bertz CT molecular complexity index is 411. The minimum Gasteiger partial charge on any atom is -0.479 e. The highest BCUT2D eigenvalue weighted by atomic mass is 19.3. The number of halogens is 2. The van der Waals surface area contributed by atoms with Crippen LogP contribution in [0, 0.1) is 0 Å². The lowest BCUT2D eigenvalue weighted by Crippen LogP contribution is -2.34. The maximum Gasteiger partial charge on any atom is 0.387 e. The number of aliphatic hydroxyl groups excluding tert-OH is 1. The number of alkyl halides is 2. The van der Waals surface area contributed by atoms with E-state index < -0.39 is 18.7 Å². The lowest BCUT2D eigenvalue weighted by molar-refractivity contribution is -0.146. The Hall–Kier alpha value is -1.73. The molecule has 2 unspecified atom stereocenters. The number of ether oxygens (including phenoxy) is 1. The third-order valence-electron chi connectivity index (χ3n) is 2.51. The Morgan fingerprint density at radius 3 is 2.42 bits per heavy atom. The number of carboxylic acid groups (broad SMARTS) is 1. The minimum atomic E-state index is -2.87. The van der Waals surface area contributed by atoms with Crippen molar-refractivity contribution >= 4 is 5.97 Å². The summed E-state index contributed by atoms with van der Waals surface area (Å²) in [5, 5.41) is 20.4. The normalized spacial score (nSPS) is 14.2. The van der Waals surface area contributed by atoms with E-state index in [-0.39, 0.29) is 18.3 Å².